The van der Waals surface area contributed by atoms with Crippen molar-refractivity contribution in [3.63, 3.8) is 0 Å². The Labute approximate surface area is 199 Å². The number of nitrogens with zero attached hydrogens (tertiary/aromatic N) is 2. The van der Waals surface area contributed by atoms with E-state index in [0.29, 0.717) is 0 Å². The van der Waals surface area contributed by atoms with Crippen LogP contribution in [0.25, 0.3) is 66.3 Å². The Morgan fingerprint density at radius 2 is 1.12 bits per heavy atom. The lowest BCUT2D eigenvalue weighted by atomic mass is 9.85. The van der Waals surface area contributed by atoms with E-state index in [-0.39, 0.29) is 0 Å². The first-order chi connectivity index (χ1) is 16.3. The van der Waals surface area contributed by atoms with E-state index in [1.807, 2.05) is 24.5 Å². The molecule has 0 radical (unpaired) electrons. The number of aromatic nitrogens is 2. The van der Waals surface area contributed by atoms with Crippen molar-refractivity contribution in [2.45, 2.75) is 0 Å². The second-order valence-electron chi connectivity index (χ2n) is 8.33. The summed E-state index contributed by atoms with van der Waals surface area (Å²) < 4.78 is 1.05. The second-order valence-corrected chi connectivity index (χ2v) is 9.24. The smallest absolute Gasteiger partial charge is 0.0714 e. The third-order valence-corrected chi connectivity index (χ3v) is 7.05. The van der Waals surface area contributed by atoms with Crippen molar-refractivity contribution in [1.29, 1.82) is 0 Å². The lowest BCUT2D eigenvalue weighted by Gasteiger charge is -2.19. The largest absolute Gasteiger partial charge is 0.256 e. The Bertz CT molecular complexity index is 1700. The molecule has 0 amide bonds. The zero-order valence-corrected chi connectivity index (χ0v) is 19.2. The molecule has 0 saturated carbocycles. The van der Waals surface area contributed by atoms with E-state index < -0.39 is 0 Å². The standard InChI is InChI=1S/C30H17BrN2/c31-19-13-14-20-23(17-19)28(25-12-2-4-16-33-25)30-22-10-6-8-18-7-5-9-21(26(18)22)29(30)27(20)24-11-1-3-15-32-24/h1-17H. The molecule has 0 N–H and O–H groups in total. The van der Waals surface area contributed by atoms with Gasteiger partial charge in [-0.1, -0.05) is 70.5 Å². The molecule has 0 aliphatic heterocycles. The summed E-state index contributed by atoms with van der Waals surface area (Å²) in [7, 11) is 0. The highest BCUT2D eigenvalue weighted by Crippen LogP contribution is 2.57. The van der Waals surface area contributed by atoms with Gasteiger partial charge in [0.05, 0.1) is 11.4 Å². The Balaban J connectivity index is 1.78. The van der Waals surface area contributed by atoms with Gasteiger partial charge < -0.3 is 0 Å². The predicted molar refractivity (Wildman–Crippen MR) is 140 cm³/mol. The van der Waals surface area contributed by atoms with Gasteiger partial charge >= 0.3 is 0 Å². The molecule has 0 fully saturated rings. The average Bonchev–Trinajstić information content (AvgIpc) is 3.19. The van der Waals surface area contributed by atoms with E-state index in [4.69, 9.17) is 9.97 Å². The first-order valence-electron chi connectivity index (χ1n) is 11.0. The van der Waals surface area contributed by atoms with E-state index in [9.17, 15) is 0 Å². The van der Waals surface area contributed by atoms with Crippen LogP contribution >= 0.6 is 15.9 Å². The maximum Gasteiger partial charge on any atom is 0.0714 e. The van der Waals surface area contributed by atoms with Crippen molar-refractivity contribution >= 4 is 37.5 Å². The van der Waals surface area contributed by atoms with E-state index in [1.165, 1.54) is 54.9 Å². The molecule has 1 aliphatic rings. The molecule has 0 bridgehead atoms. The van der Waals surface area contributed by atoms with Crippen LogP contribution in [0.1, 0.15) is 0 Å². The molecule has 0 unspecified atom stereocenters. The molecule has 6 aromatic rings. The molecule has 154 valence electrons. The summed E-state index contributed by atoms with van der Waals surface area (Å²) in [6, 6.07) is 32.0. The first kappa shape index (κ1) is 18.7. The number of hydrogen-bond acceptors (Lipinski definition) is 2. The molecule has 3 heteroatoms. The molecule has 7 rings (SSSR count). The summed E-state index contributed by atoms with van der Waals surface area (Å²) in [5.74, 6) is 0. The summed E-state index contributed by atoms with van der Waals surface area (Å²) in [5.41, 5.74) is 9.33. The van der Waals surface area contributed by atoms with Gasteiger partial charge in [-0.3, -0.25) is 9.97 Å². The predicted octanol–water partition coefficient (Wildman–Crippen LogP) is 8.53. The molecule has 1 aliphatic carbocycles. The summed E-state index contributed by atoms with van der Waals surface area (Å²) in [6.07, 6.45) is 3.75. The highest BCUT2D eigenvalue weighted by molar-refractivity contribution is 9.10. The zero-order valence-electron chi connectivity index (χ0n) is 17.6. The van der Waals surface area contributed by atoms with Crippen LogP contribution in [-0.2, 0) is 0 Å². The van der Waals surface area contributed by atoms with Crippen LogP contribution in [0.15, 0.2) is 108 Å². The minimum absolute atomic E-state index is 0.981. The number of benzene rings is 4. The number of fused-ring (bicyclic) bond motifs is 4. The molecular formula is C30H17BrN2. The lowest BCUT2D eigenvalue weighted by molar-refractivity contribution is 1.32. The summed E-state index contributed by atoms with van der Waals surface area (Å²) in [4.78, 5) is 9.61. The van der Waals surface area contributed by atoms with Crippen LogP contribution in [-0.4, -0.2) is 9.97 Å². The van der Waals surface area contributed by atoms with Gasteiger partial charge in [0.1, 0.15) is 0 Å². The van der Waals surface area contributed by atoms with Crippen molar-refractivity contribution in [3.05, 3.63) is 108 Å². The fourth-order valence-electron chi connectivity index (χ4n) is 5.31. The van der Waals surface area contributed by atoms with E-state index >= 15 is 0 Å². The maximum atomic E-state index is 4.80. The third kappa shape index (κ3) is 2.66. The average molecular weight is 485 g/mol. The van der Waals surface area contributed by atoms with Crippen molar-refractivity contribution in [1.82, 2.24) is 9.97 Å². The quantitative estimate of drug-likeness (QED) is 0.245. The molecule has 0 atom stereocenters. The monoisotopic (exact) mass is 484 g/mol. The highest BCUT2D eigenvalue weighted by Gasteiger charge is 2.30. The van der Waals surface area contributed by atoms with Crippen LogP contribution in [0, 0.1) is 0 Å². The SMILES string of the molecule is Brc1ccc2c(-c3ccccn3)c3c(c(-c4ccccn4)c2c1)-c1cccc2cccc-3c12. The Morgan fingerprint density at radius 3 is 1.70 bits per heavy atom. The van der Waals surface area contributed by atoms with Gasteiger partial charge in [0.2, 0.25) is 0 Å². The summed E-state index contributed by atoms with van der Waals surface area (Å²) in [5, 5.41) is 4.91. The topological polar surface area (TPSA) is 25.8 Å². The van der Waals surface area contributed by atoms with Crippen molar-refractivity contribution in [2.75, 3.05) is 0 Å². The molecule has 0 spiro atoms. The van der Waals surface area contributed by atoms with E-state index in [2.05, 4.69) is 94.8 Å². The summed E-state index contributed by atoms with van der Waals surface area (Å²) >= 11 is 3.72. The van der Waals surface area contributed by atoms with Gasteiger partial charge in [-0.2, -0.15) is 0 Å². The normalized spacial score (nSPS) is 11.8. The van der Waals surface area contributed by atoms with Crippen molar-refractivity contribution in [2.24, 2.45) is 0 Å². The van der Waals surface area contributed by atoms with Crippen LogP contribution in [0.5, 0.6) is 0 Å². The van der Waals surface area contributed by atoms with Gasteiger partial charge in [-0.05, 0) is 69.1 Å². The second kappa shape index (κ2) is 7.09. The minimum Gasteiger partial charge on any atom is -0.256 e. The van der Waals surface area contributed by atoms with Crippen LogP contribution in [0.2, 0.25) is 0 Å². The van der Waals surface area contributed by atoms with Crippen LogP contribution < -0.4 is 0 Å². The van der Waals surface area contributed by atoms with Gasteiger partial charge in [0.15, 0.2) is 0 Å². The molecular weight excluding hydrogens is 468 g/mol. The highest BCUT2D eigenvalue weighted by atomic mass is 79.9. The molecule has 2 nitrogen and oxygen atoms in total. The number of hydrogen-bond donors (Lipinski definition) is 0. The Morgan fingerprint density at radius 1 is 0.515 bits per heavy atom. The van der Waals surface area contributed by atoms with Crippen molar-refractivity contribution in [3.8, 4) is 44.8 Å². The molecule has 4 aromatic carbocycles. The first-order valence-corrected chi connectivity index (χ1v) is 11.7. The molecule has 2 aromatic heterocycles. The number of pyridine rings is 2. The zero-order chi connectivity index (χ0) is 21.9. The van der Waals surface area contributed by atoms with Gasteiger partial charge in [0.25, 0.3) is 0 Å². The van der Waals surface area contributed by atoms with Gasteiger partial charge in [-0.25, -0.2) is 0 Å². The number of rotatable bonds is 2. The fourth-order valence-corrected chi connectivity index (χ4v) is 5.67. The van der Waals surface area contributed by atoms with E-state index in [1.54, 1.807) is 0 Å². The Hall–Kier alpha value is -3.82. The molecule has 0 saturated heterocycles. The maximum absolute atomic E-state index is 4.80. The van der Waals surface area contributed by atoms with Gasteiger partial charge in [-0.15, -0.1) is 0 Å². The third-order valence-electron chi connectivity index (χ3n) is 6.56. The minimum atomic E-state index is 0.981. The van der Waals surface area contributed by atoms with Crippen LogP contribution in [0.4, 0.5) is 0 Å². The molecule has 33 heavy (non-hydrogen) atoms. The summed E-state index contributed by atoms with van der Waals surface area (Å²) in [6.45, 7) is 0. The van der Waals surface area contributed by atoms with Crippen molar-refractivity contribution < 1.29 is 0 Å². The fraction of sp³-hybridized carbons (Fsp3) is 0. The van der Waals surface area contributed by atoms with E-state index in [0.717, 1.165) is 15.9 Å². The number of halogens is 1. The van der Waals surface area contributed by atoms with Gasteiger partial charge in [0, 0.05) is 39.1 Å². The Kier molecular flexibility index (Phi) is 4.02. The van der Waals surface area contributed by atoms with Crippen LogP contribution in [0.3, 0.4) is 0 Å². The lowest BCUT2D eigenvalue weighted by Crippen LogP contribution is -1.95. The molecule has 2 heterocycles.